The summed E-state index contributed by atoms with van der Waals surface area (Å²) in [6, 6.07) is 0. The van der Waals surface area contributed by atoms with Gasteiger partial charge in [0.1, 0.15) is 0 Å². The third-order valence-electron chi connectivity index (χ3n) is 2.05. The van der Waals surface area contributed by atoms with Gasteiger partial charge in [0.25, 0.3) is 0 Å². The van der Waals surface area contributed by atoms with Crippen LogP contribution in [-0.2, 0) is 5.79 Å². The molecule has 0 spiro atoms. The molecule has 0 amide bonds. The quantitative estimate of drug-likeness (QED) is 0.375. The van der Waals surface area contributed by atoms with Crippen molar-refractivity contribution in [2.45, 2.75) is 12.7 Å². The third-order valence-corrected chi connectivity index (χ3v) is 2.05. The highest BCUT2D eigenvalue weighted by molar-refractivity contribution is 5.03. The zero-order valence-corrected chi connectivity index (χ0v) is 9.03. The molecule has 0 saturated heterocycles. The summed E-state index contributed by atoms with van der Waals surface area (Å²) in [4.78, 5) is 40.4. The molecular formula is C5H4N6O8. The van der Waals surface area contributed by atoms with E-state index in [9.17, 15) is 40.5 Å². The largest absolute Gasteiger partial charge is 0.767 e. The highest BCUT2D eigenvalue weighted by Crippen LogP contribution is 2.26. The number of hydrogen-bond acceptors (Lipinski definition) is 9. The SMILES string of the molecule is Cc1cn([N+](=O)[O-])c(C([N+](=O)[O-])([N+](=O)[O-])[N+](=O)[O-])n1. The van der Waals surface area contributed by atoms with Gasteiger partial charge in [-0.15, -0.1) is 0 Å². The van der Waals surface area contributed by atoms with E-state index < -0.39 is 31.4 Å². The van der Waals surface area contributed by atoms with Crippen molar-refractivity contribution in [3.63, 3.8) is 0 Å². The van der Waals surface area contributed by atoms with Crippen molar-refractivity contribution >= 4 is 0 Å². The number of rotatable bonds is 5. The van der Waals surface area contributed by atoms with E-state index in [1.807, 2.05) is 0 Å². The van der Waals surface area contributed by atoms with Crippen molar-refractivity contribution < 1.29 is 19.8 Å². The summed E-state index contributed by atoms with van der Waals surface area (Å²) in [5, 5.41) is 41.5. The normalized spacial score (nSPS) is 11.0. The molecule has 0 atom stereocenters. The number of aryl methyl sites for hydroxylation is 1. The van der Waals surface area contributed by atoms with Crippen LogP contribution in [0.15, 0.2) is 6.20 Å². The molecule has 0 bridgehead atoms. The lowest BCUT2D eigenvalue weighted by atomic mass is 10.3. The molecule has 0 aliphatic carbocycles. The molecule has 0 aliphatic rings. The van der Waals surface area contributed by atoms with Crippen LogP contribution >= 0.6 is 0 Å². The predicted octanol–water partition coefficient (Wildman–Crippen LogP) is -0.828. The standard InChI is InChI=1S/C5H4N6O8/c1-3-2-7(11(18)19)4(6-3)5(8(12)13,9(14)15)10(16)17/h2H,1H3. The molecule has 14 nitrogen and oxygen atoms in total. The lowest BCUT2D eigenvalue weighted by Crippen LogP contribution is -2.52. The van der Waals surface area contributed by atoms with E-state index in [0.717, 1.165) is 6.92 Å². The molecule has 1 rings (SSSR count). The second kappa shape index (κ2) is 4.24. The number of hydrogen-bond donors (Lipinski definition) is 0. The van der Waals surface area contributed by atoms with Crippen LogP contribution in [0.4, 0.5) is 0 Å². The van der Waals surface area contributed by atoms with Crippen LogP contribution in [0.25, 0.3) is 0 Å². The van der Waals surface area contributed by atoms with Crippen LogP contribution < -0.4 is 0 Å². The van der Waals surface area contributed by atoms with Gasteiger partial charge >= 0.3 is 11.6 Å². The molecule has 0 aromatic carbocycles. The minimum absolute atomic E-state index is 0.219. The van der Waals surface area contributed by atoms with Gasteiger partial charge in [0.05, 0.1) is 11.9 Å². The first-order valence-electron chi connectivity index (χ1n) is 4.30. The number of aromatic nitrogens is 2. The molecule has 0 unspecified atom stereocenters. The van der Waals surface area contributed by atoms with E-state index in [2.05, 4.69) is 4.98 Å². The maximum Gasteiger partial charge on any atom is 0.767 e. The first kappa shape index (κ1) is 13.9. The molecule has 0 aliphatic heterocycles. The van der Waals surface area contributed by atoms with Gasteiger partial charge in [0.15, 0.2) is 19.8 Å². The Kier molecular flexibility index (Phi) is 3.10. The molecule has 1 aromatic rings. The smallest absolute Gasteiger partial charge is 0.252 e. The van der Waals surface area contributed by atoms with Crippen molar-refractivity contribution in [2.75, 3.05) is 0 Å². The van der Waals surface area contributed by atoms with Crippen molar-refractivity contribution in [1.82, 2.24) is 9.66 Å². The summed E-state index contributed by atoms with van der Waals surface area (Å²) < 4.78 is -0.219. The molecule has 1 aromatic heterocycles. The Morgan fingerprint density at radius 2 is 1.47 bits per heavy atom. The Balaban J connectivity index is 3.77. The van der Waals surface area contributed by atoms with Crippen LogP contribution in [0, 0.1) is 47.4 Å². The highest BCUT2D eigenvalue weighted by Gasteiger charge is 2.78. The summed E-state index contributed by atoms with van der Waals surface area (Å²) >= 11 is 0. The van der Waals surface area contributed by atoms with Crippen molar-refractivity contribution in [3.8, 4) is 0 Å². The van der Waals surface area contributed by atoms with Crippen molar-refractivity contribution in [1.29, 1.82) is 0 Å². The van der Waals surface area contributed by atoms with Gasteiger partial charge in [0.2, 0.25) is 0 Å². The van der Waals surface area contributed by atoms with Gasteiger partial charge in [0, 0.05) is 0 Å². The van der Waals surface area contributed by atoms with Crippen LogP contribution in [0.2, 0.25) is 0 Å². The zero-order chi connectivity index (χ0) is 15.0. The molecule has 0 saturated carbocycles. The topological polar surface area (TPSA) is 190 Å². The average molecular weight is 276 g/mol. The lowest BCUT2D eigenvalue weighted by molar-refractivity contribution is -0.988. The molecule has 0 N–H and O–H groups in total. The van der Waals surface area contributed by atoms with E-state index in [1.54, 1.807) is 0 Å². The summed E-state index contributed by atoms with van der Waals surface area (Å²) in [7, 11) is 0. The average Bonchev–Trinajstić information content (AvgIpc) is 2.59. The fraction of sp³-hybridized carbons (Fsp3) is 0.400. The van der Waals surface area contributed by atoms with Gasteiger partial charge in [-0.05, 0) is 11.6 Å². The van der Waals surface area contributed by atoms with Crippen molar-refractivity contribution in [3.05, 3.63) is 58.2 Å². The Bertz CT molecular complexity index is 554. The third kappa shape index (κ3) is 1.79. The first-order chi connectivity index (χ1) is 8.65. The van der Waals surface area contributed by atoms with E-state index in [-0.39, 0.29) is 10.4 Å². The van der Waals surface area contributed by atoms with E-state index >= 15 is 0 Å². The van der Waals surface area contributed by atoms with Gasteiger partial charge in [-0.1, -0.05) is 0 Å². The van der Waals surface area contributed by atoms with Crippen LogP contribution in [0.3, 0.4) is 0 Å². The monoisotopic (exact) mass is 276 g/mol. The fourth-order valence-electron chi connectivity index (χ4n) is 1.28. The number of nitro groups is 4. The number of nitrogens with zero attached hydrogens (tertiary/aromatic N) is 6. The summed E-state index contributed by atoms with van der Waals surface area (Å²) in [5.74, 6) is -5.66. The van der Waals surface area contributed by atoms with Crippen molar-refractivity contribution in [2.24, 2.45) is 0 Å². The van der Waals surface area contributed by atoms with Gasteiger partial charge in [-0.25, -0.2) is 15.1 Å². The molecular weight excluding hydrogens is 272 g/mol. The summed E-state index contributed by atoms with van der Waals surface area (Å²) in [6.07, 6.45) is 0.598. The molecule has 14 heteroatoms. The second-order valence-electron chi connectivity index (χ2n) is 3.20. The zero-order valence-electron chi connectivity index (χ0n) is 9.03. The van der Waals surface area contributed by atoms with Gasteiger partial charge in [-0.2, -0.15) is 0 Å². The number of imidazole rings is 1. The molecule has 0 fully saturated rings. The van der Waals surface area contributed by atoms with Crippen LogP contribution in [0.1, 0.15) is 11.5 Å². The summed E-state index contributed by atoms with van der Waals surface area (Å²) in [6.45, 7) is 1.13. The minimum atomic E-state index is -4.14. The molecule has 19 heavy (non-hydrogen) atoms. The van der Waals surface area contributed by atoms with Crippen LogP contribution in [-0.4, -0.2) is 29.5 Å². The Morgan fingerprint density at radius 3 is 1.79 bits per heavy atom. The molecule has 1 heterocycles. The first-order valence-corrected chi connectivity index (χ1v) is 4.30. The molecule has 0 radical (unpaired) electrons. The van der Waals surface area contributed by atoms with Gasteiger partial charge in [-0.3, -0.25) is 30.3 Å². The molecule has 102 valence electrons. The van der Waals surface area contributed by atoms with Gasteiger partial charge < -0.3 is 0 Å². The second-order valence-corrected chi connectivity index (χ2v) is 3.20. The van der Waals surface area contributed by atoms with E-state index in [4.69, 9.17) is 0 Å². The lowest BCUT2D eigenvalue weighted by Gasteiger charge is -2.06. The Hall–Kier alpha value is -3.19. The maximum absolute atomic E-state index is 10.7. The van der Waals surface area contributed by atoms with E-state index in [0.29, 0.717) is 6.20 Å². The highest BCUT2D eigenvalue weighted by atomic mass is 16.7. The van der Waals surface area contributed by atoms with Crippen LogP contribution in [0.5, 0.6) is 0 Å². The fourth-order valence-corrected chi connectivity index (χ4v) is 1.28. The Labute approximate surface area is 101 Å². The summed E-state index contributed by atoms with van der Waals surface area (Å²) in [5.41, 5.74) is -0.221. The maximum atomic E-state index is 10.7. The Morgan fingerprint density at radius 1 is 1.05 bits per heavy atom. The predicted molar refractivity (Wildman–Crippen MR) is 52.0 cm³/mol. The van der Waals surface area contributed by atoms with E-state index in [1.165, 1.54) is 0 Å². The minimum Gasteiger partial charge on any atom is -0.252 e.